The van der Waals surface area contributed by atoms with Crippen LogP contribution in [0.4, 0.5) is 22.1 Å². The van der Waals surface area contributed by atoms with Crippen LogP contribution >= 0.6 is 0 Å². The molecule has 0 radical (unpaired) electrons. The summed E-state index contributed by atoms with van der Waals surface area (Å²) in [4.78, 5) is 46.3. The van der Waals surface area contributed by atoms with Crippen LogP contribution in [0.1, 0.15) is 42.3 Å². The number of nitrogens with one attached hydrogen (secondary N) is 1. The Kier molecular flexibility index (Phi) is 9.32. The van der Waals surface area contributed by atoms with Crippen LogP contribution in [0.2, 0.25) is 0 Å². The lowest BCUT2D eigenvalue weighted by atomic mass is 10.1. The van der Waals surface area contributed by atoms with Gasteiger partial charge in [0, 0.05) is 68.1 Å². The van der Waals surface area contributed by atoms with Gasteiger partial charge in [-0.1, -0.05) is 18.2 Å². The van der Waals surface area contributed by atoms with Crippen LogP contribution in [0.25, 0.3) is 11.3 Å². The second-order valence-corrected chi connectivity index (χ2v) is 12.0. The highest BCUT2D eigenvalue weighted by Gasteiger charge is 2.29. The molecule has 0 spiro atoms. The SMILES string of the molecule is Cc1ccc(NC(=O)c2ccc(CN3CCN(C)CC3)cc2)cc1N(C(=O)OC(C)(C)C)c1nccc(-c2cccnc2)n1. The maximum Gasteiger partial charge on any atom is 0.421 e. The number of rotatable bonds is 7. The molecule has 0 bridgehead atoms. The molecule has 1 fully saturated rings. The standard InChI is InChI=1S/C34H39N7O3/c1-24-8-13-28(37-31(42)26-11-9-25(10-12-26)23-40-19-17-39(5)18-20-40)21-30(24)41(33(43)44-34(2,3)4)32-36-16-14-29(38-32)27-7-6-15-35-22-27/h6-16,21-22H,17-20,23H2,1-5H3,(H,37,42). The van der Waals surface area contributed by atoms with E-state index in [0.29, 0.717) is 22.6 Å². The molecule has 2 amide bonds. The van der Waals surface area contributed by atoms with Crippen LogP contribution < -0.4 is 10.2 Å². The summed E-state index contributed by atoms with van der Waals surface area (Å²) in [7, 11) is 2.14. The lowest BCUT2D eigenvalue weighted by Gasteiger charge is -2.32. The number of ether oxygens (including phenoxy) is 1. The van der Waals surface area contributed by atoms with Crippen molar-refractivity contribution in [2.24, 2.45) is 0 Å². The van der Waals surface area contributed by atoms with E-state index in [2.05, 4.69) is 37.1 Å². The largest absolute Gasteiger partial charge is 0.443 e. The number of pyridine rings is 1. The monoisotopic (exact) mass is 593 g/mol. The number of hydrogen-bond acceptors (Lipinski definition) is 8. The van der Waals surface area contributed by atoms with E-state index in [9.17, 15) is 9.59 Å². The van der Waals surface area contributed by atoms with Crippen LogP contribution in [0.5, 0.6) is 0 Å². The molecular formula is C34H39N7O3. The number of carbonyl (C=O) groups excluding carboxylic acids is 2. The predicted molar refractivity (Wildman–Crippen MR) is 172 cm³/mol. The molecule has 1 N–H and O–H groups in total. The van der Waals surface area contributed by atoms with Crippen molar-refractivity contribution >= 4 is 29.3 Å². The van der Waals surface area contributed by atoms with Crippen LogP contribution in [0.3, 0.4) is 0 Å². The van der Waals surface area contributed by atoms with Gasteiger partial charge in [0.05, 0.1) is 11.4 Å². The summed E-state index contributed by atoms with van der Waals surface area (Å²) < 4.78 is 5.77. The van der Waals surface area contributed by atoms with Crippen molar-refractivity contribution in [3.8, 4) is 11.3 Å². The van der Waals surface area contributed by atoms with Crippen molar-refractivity contribution in [2.75, 3.05) is 43.4 Å². The van der Waals surface area contributed by atoms with Gasteiger partial charge in [0.25, 0.3) is 5.91 Å². The van der Waals surface area contributed by atoms with Crippen molar-refractivity contribution in [2.45, 2.75) is 39.8 Å². The molecule has 3 heterocycles. The van der Waals surface area contributed by atoms with Gasteiger partial charge in [-0.3, -0.25) is 14.7 Å². The average Bonchev–Trinajstić information content (AvgIpc) is 3.00. The first-order valence-electron chi connectivity index (χ1n) is 14.7. The number of benzene rings is 2. The van der Waals surface area contributed by atoms with Crippen molar-refractivity contribution in [3.63, 3.8) is 0 Å². The van der Waals surface area contributed by atoms with Crippen molar-refractivity contribution in [3.05, 3.63) is 95.9 Å². The minimum atomic E-state index is -0.757. The summed E-state index contributed by atoms with van der Waals surface area (Å²) in [5.74, 6) is -0.104. The number of piperazine rings is 1. The number of carbonyl (C=O) groups is 2. The van der Waals surface area contributed by atoms with Gasteiger partial charge < -0.3 is 15.0 Å². The fourth-order valence-corrected chi connectivity index (χ4v) is 4.88. The first-order chi connectivity index (χ1) is 21.1. The number of amides is 2. The molecule has 228 valence electrons. The first kappa shape index (κ1) is 30.8. The van der Waals surface area contributed by atoms with Gasteiger partial charge in [-0.15, -0.1) is 0 Å². The zero-order chi connectivity index (χ0) is 31.3. The lowest BCUT2D eigenvalue weighted by molar-refractivity contribution is 0.0597. The third-order valence-corrected chi connectivity index (χ3v) is 7.30. The fourth-order valence-electron chi connectivity index (χ4n) is 4.88. The second-order valence-electron chi connectivity index (χ2n) is 12.0. The number of aromatic nitrogens is 3. The number of anilines is 3. The summed E-state index contributed by atoms with van der Waals surface area (Å²) in [5, 5.41) is 2.98. The Morgan fingerprint density at radius 3 is 2.41 bits per heavy atom. The van der Waals surface area contributed by atoms with Crippen LogP contribution in [-0.2, 0) is 11.3 Å². The van der Waals surface area contributed by atoms with Gasteiger partial charge in [0.15, 0.2) is 0 Å². The molecule has 1 saturated heterocycles. The zero-order valence-electron chi connectivity index (χ0n) is 25.9. The molecule has 2 aromatic heterocycles. The van der Waals surface area contributed by atoms with Crippen molar-refractivity contribution < 1.29 is 14.3 Å². The van der Waals surface area contributed by atoms with Gasteiger partial charge in [0.1, 0.15) is 5.60 Å². The minimum Gasteiger partial charge on any atom is -0.443 e. The van der Waals surface area contributed by atoms with E-state index in [1.807, 2.05) is 49.4 Å². The van der Waals surface area contributed by atoms with E-state index in [0.717, 1.165) is 43.9 Å². The van der Waals surface area contributed by atoms with E-state index < -0.39 is 11.7 Å². The number of hydrogen-bond donors (Lipinski definition) is 1. The summed E-state index contributed by atoms with van der Waals surface area (Å²) in [5.41, 5.74) is 4.14. The summed E-state index contributed by atoms with van der Waals surface area (Å²) in [6, 6.07) is 18.5. The molecule has 5 rings (SSSR count). The van der Waals surface area contributed by atoms with Crippen LogP contribution in [0.15, 0.2) is 79.3 Å². The highest BCUT2D eigenvalue weighted by Crippen LogP contribution is 2.32. The topological polar surface area (TPSA) is 104 Å². The summed E-state index contributed by atoms with van der Waals surface area (Å²) in [6.07, 6.45) is 4.34. The van der Waals surface area contributed by atoms with Gasteiger partial charge in [-0.05, 0) is 88.3 Å². The Morgan fingerprint density at radius 1 is 0.977 bits per heavy atom. The molecule has 44 heavy (non-hydrogen) atoms. The quantitative estimate of drug-likeness (QED) is 0.282. The number of nitrogens with zero attached hydrogens (tertiary/aromatic N) is 6. The summed E-state index contributed by atoms with van der Waals surface area (Å²) in [6.45, 7) is 12.3. The average molecular weight is 594 g/mol. The summed E-state index contributed by atoms with van der Waals surface area (Å²) >= 11 is 0. The number of aryl methyl sites for hydroxylation is 1. The van der Waals surface area contributed by atoms with Gasteiger partial charge in [-0.25, -0.2) is 19.7 Å². The minimum absolute atomic E-state index is 0.142. The zero-order valence-corrected chi connectivity index (χ0v) is 25.9. The molecule has 1 aliphatic heterocycles. The Balaban J connectivity index is 1.39. The van der Waals surface area contributed by atoms with Crippen LogP contribution in [-0.4, -0.2) is 75.6 Å². The lowest BCUT2D eigenvalue weighted by Crippen LogP contribution is -2.43. The highest BCUT2D eigenvalue weighted by molar-refractivity contribution is 6.05. The number of likely N-dealkylation sites (N-methyl/N-ethyl adjacent to an activating group) is 1. The maximum absolute atomic E-state index is 13.6. The van der Waals surface area contributed by atoms with E-state index >= 15 is 0 Å². The molecule has 0 unspecified atom stereocenters. The van der Waals surface area contributed by atoms with Crippen molar-refractivity contribution in [1.82, 2.24) is 24.8 Å². The molecule has 0 saturated carbocycles. The molecule has 0 atom stereocenters. The highest BCUT2D eigenvalue weighted by atomic mass is 16.6. The molecule has 0 aliphatic carbocycles. The Hall–Kier alpha value is -4.67. The molecule has 10 nitrogen and oxygen atoms in total. The molecule has 2 aromatic carbocycles. The Labute approximate surface area is 258 Å². The fraction of sp³-hybridized carbons (Fsp3) is 0.324. The van der Waals surface area contributed by atoms with Crippen LogP contribution in [0, 0.1) is 6.92 Å². The van der Waals surface area contributed by atoms with Gasteiger partial charge in [0.2, 0.25) is 5.95 Å². The third kappa shape index (κ3) is 7.83. The smallest absolute Gasteiger partial charge is 0.421 e. The third-order valence-electron chi connectivity index (χ3n) is 7.30. The van der Waals surface area contributed by atoms with E-state index in [1.54, 1.807) is 57.6 Å². The van der Waals surface area contributed by atoms with E-state index in [-0.39, 0.29) is 11.9 Å². The van der Waals surface area contributed by atoms with Crippen molar-refractivity contribution in [1.29, 1.82) is 0 Å². The van der Waals surface area contributed by atoms with E-state index in [4.69, 9.17) is 4.74 Å². The molecular weight excluding hydrogens is 554 g/mol. The molecule has 1 aliphatic rings. The molecule has 10 heteroatoms. The van der Waals surface area contributed by atoms with Gasteiger partial charge in [-0.2, -0.15) is 0 Å². The normalized spacial score (nSPS) is 14.2. The predicted octanol–water partition coefficient (Wildman–Crippen LogP) is 5.92. The van der Waals surface area contributed by atoms with E-state index in [1.165, 1.54) is 10.5 Å². The maximum atomic E-state index is 13.6. The molecule has 4 aromatic rings. The first-order valence-corrected chi connectivity index (χ1v) is 14.7. The Morgan fingerprint density at radius 2 is 1.73 bits per heavy atom. The second kappa shape index (κ2) is 13.3. The Bertz CT molecular complexity index is 1600. The van der Waals surface area contributed by atoms with Gasteiger partial charge >= 0.3 is 6.09 Å².